The number of rotatable bonds is 4. The molecule has 0 aliphatic heterocycles. The van der Waals surface area contributed by atoms with Gasteiger partial charge in [0.1, 0.15) is 0 Å². The van der Waals surface area contributed by atoms with Crippen LogP contribution < -0.4 is 5.46 Å². The lowest BCUT2D eigenvalue weighted by molar-refractivity contribution is 0.0808. The topological polar surface area (TPSA) is 60.7 Å². The average Bonchev–Trinajstić information content (AvgIpc) is 2.20. The van der Waals surface area contributed by atoms with Crippen LogP contribution in [0.3, 0.4) is 0 Å². The van der Waals surface area contributed by atoms with Crippen molar-refractivity contribution >= 4 is 12.6 Å². The van der Waals surface area contributed by atoms with Gasteiger partial charge in [-0.2, -0.15) is 0 Å². The lowest BCUT2D eigenvalue weighted by Crippen LogP contribution is -2.30. The summed E-state index contributed by atoms with van der Waals surface area (Å²) in [5, 5.41) is 26.7. The number of aryl methyl sites for hydroxylation is 1. The molecule has 1 aromatic rings. The monoisotopic (exact) mass is 230 g/mol. The molecule has 0 aliphatic rings. The van der Waals surface area contributed by atoms with Gasteiger partial charge < -0.3 is 15.2 Å². The first-order chi connectivity index (χ1) is 7.47. The third-order valence-corrected chi connectivity index (χ3v) is 2.49. The second kappa shape index (κ2) is 5.38. The maximum absolute atomic E-state index is 12.6. The maximum atomic E-state index is 12.6. The highest BCUT2D eigenvalue weighted by atomic mass is 19.3. The van der Waals surface area contributed by atoms with E-state index in [4.69, 9.17) is 15.2 Å². The minimum atomic E-state index is -2.64. The van der Waals surface area contributed by atoms with Gasteiger partial charge in [0, 0.05) is 0 Å². The van der Waals surface area contributed by atoms with Gasteiger partial charge in [0.25, 0.3) is 0 Å². The standard InChI is InChI=1S/C10H13BF2O3/c1-6-4-7(11(15)16)2-3-8(6)9(5-14)10(12)13/h2-4,9-10,14-16H,5H2,1H3/t9-/m0/s1. The maximum Gasteiger partial charge on any atom is 0.488 e. The van der Waals surface area contributed by atoms with Crippen LogP contribution in [0.4, 0.5) is 8.78 Å². The summed E-state index contributed by atoms with van der Waals surface area (Å²) < 4.78 is 25.1. The largest absolute Gasteiger partial charge is 0.488 e. The van der Waals surface area contributed by atoms with Crippen molar-refractivity contribution in [2.24, 2.45) is 0 Å². The minimum absolute atomic E-state index is 0.243. The van der Waals surface area contributed by atoms with E-state index >= 15 is 0 Å². The van der Waals surface area contributed by atoms with Gasteiger partial charge in [-0.15, -0.1) is 0 Å². The quantitative estimate of drug-likeness (QED) is 0.639. The molecule has 0 aliphatic carbocycles. The minimum Gasteiger partial charge on any atom is -0.423 e. The molecule has 1 aromatic carbocycles. The number of halogens is 2. The van der Waals surface area contributed by atoms with Gasteiger partial charge in [-0.25, -0.2) is 8.78 Å². The summed E-state index contributed by atoms with van der Waals surface area (Å²) in [6, 6.07) is 4.17. The highest BCUT2D eigenvalue weighted by molar-refractivity contribution is 6.58. The number of hydrogen-bond acceptors (Lipinski definition) is 3. The molecule has 0 amide bonds. The van der Waals surface area contributed by atoms with Gasteiger partial charge in [0.05, 0.1) is 12.5 Å². The Morgan fingerprint density at radius 2 is 1.94 bits per heavy atom. The number of aliphatic hydroxyl groups is 1. The predicted octanol–water partition coefficient (Wildman–Crippen LogP) is 0.0158. The summed E-state index contributed by atoms with van der Waals surface area (Å²) in [6.45, 7) is 0.950. The van der Waals surface area contributed by atoms with Gasteiger partial charge in [0.2, 0.25) is 6.43 Å². The molecule has 1 rings (SSSR count). The predicted molar refractivity (Wildman–Crippen MR) is 56.8 cm³/mol. The fourth-order valence-electron chi connectivity index (χ4n) is 1.59. The molecule has 88 valence electrons. The number of aliphatic hydroxyl groups excluding tert-OH is 1. The molecule has 0 saturated carbocycles. The van der Waals surface area contributed by atoms with Crippen LogP contribution >= 0.6 is 0 Å². The van der Waals surface area contributed by atoms with Gasteiger partial charge in [-0.3, -0.25) is 0 Å². The Morgan fingerprint density at radius 1 is 1.31 bits per heavy atom. The van der Waals surface area contributed by atoms with Gasteiger partial charge in [-0.1, -0.05) is 18.2 Å². The molecule has 0 unspecified atom stereocenters. The summed E-state index contributed by atoms with van der Waals surface area (Å²) in [5.74, 6) is -1.23. The van der Waals surface area contributed by atoms with Gasteiger partial charge >= 0.3 is 7.12 Å². The van der Waals surface area contributed by atoms with E-state index in [1.807, 2.05) is 0 Å². The zero-order valence-electron chi connectivity index (χ0n) is 8.77. The second-order valence-electron chi connectivity index (χ2n) is 3.61. The van der Waals surface area contributed by atoms with Crippen LogP contribution in [0.5, 0.6) is 0 Å². The van der Waals surface area contributed by atoms with Crippen molar-refractivity contribution < 1.29 is 23.9 Å². The molecule has 16 heavy (non-hydrogen) atoms. The zero-order chi connectivity index (χ0) is 12.3. The number of benzene rings is 1. The Kier molecular flexibility index (Phi) is 4.40. The number of hydrogen-bond donors (Lipinski definition) is 3. The summed E-state index contributed by atoms with van der Waals surface area (Å²) in [5.41, 5.74) is 1.07. The summed E-state index contributed by atoms with van der Waals surface area (Å²) in [6.07, 6.45) is -2.64. The van der Waals surface area contributed by atoms with Crippen molar-refractivity contribution in [1.29, 1.82) is 0 Å². The summed E-state index contributed by atoms with van der Waals surface area (Å²) >= 11 is 0. The fourth-order valence-corrected chi connectivity index (χ4v) is 1.59. The van der Waals surface area contributed by atoms with Crippen LogP contribution in [0.2, 0.25) is 0 Å². The van der Waals surface area contributed by atoms with E-state index in [2.05, 4.69) is 0 Å². The summed E-state index contributed by atoms with van der Waals surface area (Å²) in [4.78, 5) is 0. The van der Waals surface area contributed by atoms with Crippen LogP contribution in [0.15, 0.2) is 18.2 Å². The van der Waals surface area contributed by atoms with Crippen molar-refractivity contribution in [1.82, 2.24) is 0 Å². The van der Waals surface area contributed by atoms with Crippen LogP contribution in [0.1, 0.15) is 17.0 Å². The average molecular weight is 230 g/mol. The van der Waals surface area contributed by atoms with Gasteiger partial charge in [0.15, 0.2) is 0 Å². The first-order valence-electron chi connectivity index (χ1n) is 4.83. The Morgan fingerprint density at radius 3 is 2.31 bits per heavy atom. The van der Waals surface area contributed by atoms with Crippen molar-refractivity contribution in [3.63, 3.8) is 0 Å². The smallest absolute Gasteiger partial charge is 0.423 e. The molecule has 0 aromatic heterocycles. The molecule has 1 atom stereocenters. The van der Waals surface area contributed by atoms with Gasteiger partial charge in [-0.05, 0) is 23.5 Å². The van der Waals surface area contributed by atoms with Crippen molar-refractivity contribution in [3.8, 4) is 0 Å². The Labute approximate surface area is 92.5 Å². The molecule has 0 heterocycles. The Balaban J connectivity index is 3.06. The summed E-state index contributed by atoms with van der Waals surface area (Å²) in [7, 11) is -1.62. The van der Waals surface area contributed by atoms with Crippen LogP contribution in [0.25, 0.3) is 0 Å². The fraction of sp³-hybridized carbons (Fsp3) is 0.400. The van der Waals surface area contributed by atoms with E-state index < -0.39 is 26.1 Å². The van der Waals surface area contributed by atoms with E-state index in [-0.39, 0.29) is 5.46 Å². The Hall–Kier alpha value is -0.975. The Bertz CT molecular complexity index is 358. The molecule has 3 nitrogen and oxygen atoms in total. The molecule has 0 radical (unpaired) electrons. The molecule has 0 spiro atoms. The number of alkyl halides is 2. The van der Waals surface area contributed by atoms with E-state index in [1.54, 1.807) is 6.92 Å². The highest BCUT2D eigenvalue weighted by Crippen LogP contribution is 2.24. The van der Waals surface area contributed by atoms with Crippen LogP contribution in [-0.2, 0) is 0 Å². The third kappa shape index (κ3) is 2.78. The third-order valence-electron chi connectivity index (χ3n) is 2.49. The van der Waals surface area contributed by atoms with Crippen LogP contribution in [-0.4, -0.2) is 35.3 Å². The van der Waals surface area contributed by atoms with E-state index in [0.29, 0.717) is 11.1 Å². The lowest BCUT2D eigenvalue weighted by Gasteiger charge is -2.16. The molecule has 0 saturated heterocycles. The molecule has 6 heteroatoms. The van der Waals surface area contributed by atoms with Crippen molar-refractivity contribution in [2.45, 2.75) is 19.3 Å². The molecule has 0 fully saturated rings. The highest BCUT2D eigenvalue weighted by Gasteiger charge is 2.24. The van der Waals surface area contributed by atoms with Crippen LogP contribution in [0, 0.1) is 6.92 Å². The van der Waals surface area contributed by atoms with Crippen molar-refractivity contribution in [2.75, 3.05) is 6.61 Å². The molecule has 3 N–H and O–H groups in total. The first-order valence-corrected chi connectivity index (χ1v) is 4.83. The second-order valence-corrected chi connectivity index (χ2v) is 3.61. The first kappa shape index (κ1) is 13.1. The lowest BCUT2D eigenvalue weighted by atomic mass is 9.78. The van der Waals surface area contributed by atoms with E-state index in [9.17, 15) is 8.78 Å². The molecule has 0 bridgehead atoms. The zero-order valence-corrected chi connectivity index (χ0v) is 8.77. The SMILES string of the molecule is Cc1cc(B(O)O)ccc1[C@H](CO)C(F)F. The van der Waals surface area contributed by atoms with E-state index in [1.165, 1.54) is 18.2 Å². The normalized spacial score (nSPS) is 12.9. The molecular weight excluding hydrogens is 217 g/mol. The molecular formula is C10H13BF2O3. The van der Waals surface area contributed by atoms with Crippen molar-refractivity contribution in [3.05, 3.63) is 29.3 Å². The van der Waals surface area contributed by atoms with E-state index in [0.717, 1.165) is 0 Å².